The van der Waals surface area contributed by atoms with Crippen LogP contribution < -0.4 is 0 Å². The Morgan fingerprint density at radius 3 is 2.44 bits per heavy atom. The average molecular weight is 487 g/mol. The quantitative estimate of drug-likeness (QED) is 0.350. The van der Waals surface area contributed by atoms with E-state index in [0.29, 0.717) is 15.8 Å². The third kappa shape index (κ3) is 3.48. The third-order valence-electron chi connectivity index (χ3n) is 5.81. The van der Waals surface area contributed by atoms with Crippen LogP contribution in [0.2, 0.25) is 10.0 Å². The van der Waals surface area contributed by atoms with Crippen LogP contribution in [0.4, 0.5) is 0 Å². The Balaban J connectivity index is 1.64. The van der Waals surface area contributed by atoms with Gasteiger partial charge in [-0.1, -0.05) is 58.6 Å². The molecule has 8 nitrogen and oxygen atoms in total. The van der Waals surface area contributed by atoms with Crippen LogP contribution in [0.15, 0.2) is 73.1 Å². The van der Waals surface area contributed by atoms with E-state index in [-0.39, 0.29) is 5.92 Å². The monoisotopic (exact) mass is 486 g/mol. The summed E-state index contributed by atoms with van der Waals surface area (Å²) in [5.41, 5.74) is 4.52. The van der Waals surface area contributed by atoms with E-state index in [2.05, 4.69) is 37.9 Å². The summed E-state index contributed by atoms with van der Waals surface area (Å²) < 4.78 is 3.55. The fourth-order valence-corrected chi connectivity index (χ4v) is 4.55. The number of rotatable bonds is 4. The Bertz CT molecular complexity index is 1660. The second kappa shape index (κ2) is 8.16. The molecular formula is C24H16Cl2N8. The molecule has 1 atom stereocenters. The molecule has 0 fully saturated rings. The molecule has 6 rings (SSSR count). The maximum atomic E-state index is 6.30. The molecule has 166 valence electrons. The van der Waals surface area contributed by atoms with Gasteiger partial charge in [-0.05, 0) is 58.0 Å². The van der Waals surface area contributed by atoms with Gasteiger partial charge in [-0.2, -0.15) is 4.52 Å². The highest BCUT2D eigenvalue weighted by atomic mass is 35.5. The number of hydrogen-bond donors (Lipinski definition) is 0. The van der Waals surface area contributed by atoms with Crippen LogP contribution in [-0.4, -0.2) is 39.8 Å². The SMILES string of the molecule is Cn1cnnc1C(c1ccc(Cl)cc1)c1ccc2c(c1)c(-c1cccc(Cl)c1)nc1nnnn12. The molecule has 0 saturated heterocycles. The summed E-state index contributed by atoms with van der Waals surface area (Å²) in [4.78, 5) is 4.76. The van der Waals surface area contributed by atoms with Crippen LogP contribution in [0, 0.1) is 0 Å². The molecule has 0 aliphatic carbocycles. The number of aryl methyl sites for hydroxylation is 1. The topological polar surface area (TPSA) is 86.7 Å². The largest absolute Gasteiger partial charge is 0.320 e. The number of tetrazole rings is 1. The first kappa shape index (κ1) is 20.7. The van der Waals surface area contributed by atoms with Gasteiger partial charge < -0.3 is 4.57 Å². The van der Waals surface area contributed by atoms with E-state index in [9.17, 15) is 0 Å². The maximum absolute atomic E-state index is 6.30. The molecule has 3 heterocycles. The molecule has 1 unspecified atom stereocenters. The van der Waals surface area contributed by atoms with E-state index >= 15 is 0 Å². The van der Waals surface area contributed by atoms with Crippen LogP contribution in [0.1, 0.15) is 22.9 Å². The molecule has 6 aromatic rings. The lowest BCUT2D eigenvalue weighted by atomic mass is 9.89. The highest BCUT2D eigenvalue weighted by Gasteiger charge is 2.23. The standard InChI is InChI=1S/C24H16Cl2N8/c1-33-13-27-29-23(33)21(14-5-8-17(25)9-6-14)15-7-10-20-19(12-15)22(16-3-2-4-18(26)11-16)28-24-30-31-32-34(20)24/h2-13,21H,1H3. The molecule has 3 aromatic heterocycles. The summed E-state index contributed by atoms with van der Waals surface area (Å²) in [6, 6.07) is 21.5. The summed E-state index contributed by atoms with van der Waals surface area (Å²) in [6.07, 6.45) is 1.70. The van der Waals surface area contributed by atoms with Crippen molar-refractivity contribution in [3.63, 3.8) is 0 Å². The Morgan fingerprint density at radius 1 is 0.853 bits per heavy atom. The Labute approximate surface area is 203 Å². The lowest BCUT2D eigenvalue weighted by molar-refractivity contribution is 0.762. The van der Waals surface area contributed by atoms with E-state index in [0.717, 1.165) is 39.1 Å². The van der Waals surface area contributed by atoms with Crippen molar-refractivity contribution in [3.05, 3.63) is 100 Å². The van der Waals surface area contributed by atoms with Gasteiger partial charge in [0.2, 0.25) is 0 Å². The minimum absolute atomic E-state index is 0.175. The van der Waals surface area contributed by atoms with E-state index in [1.807, 2.05) is 66.2 Å². The summed E-state index contributed by atoms with van der Waals surface area (Å²) in [6.45, 7) is 0. The van der Waals surface area contributed by atoms with E-state index in [1.54, 1.807) is 10.8 Å². The average Bonchev–Trinajstić information content (AvgIpc) is 3.49. The molecule has 0 N–H and O–H groups in total. The first-order valence-electron chi connectivity index (χ1n) is 10.5. The van der Waals surface area contributed by atoms with Crippen LogP contribution >= 0.6 is 23.2 Å². The summed E-state index contributed by atoms with van der Waals surface area (Å²) in [7, 11) is 1.93. The second-order valence-electron chi connectivity index (χ2n) is 7.92. The first-order valence-corrected chi connectivity index (χ1v) is 11.2. The number of halogens is 2. The molecule has 0 bridgehead atoms. The van der Waals surface area contributed by atoms with Gasteiger partial charge in [-0.15, -0.1) is 10.2 Å². The predicted octanol–water partition coefficient (Wildman–Crippen LogP) is 4.96. The fraction of sp³-hybridized carbons (Fsp3) is 0.0833. The summed E-state index contributed by atoms with van der Waals surface area (Å²) in [5, 5.41) is 22.7. The Morgan fingerprint density at radius 2 is 1.68 bits per heavy atom. The van der Waals surface area contributed by atoms with Crippen LogP contribution in [-0.2, 0) is 7.05 Å². The van der Waals surface area contributed by atoms with Gasteiger partial charge in [0.25, 0.3) is 5.78 Å². The normalized spacial score (nSPS) is 12.4. The van der Waals surface area contributed by atoms with Crippen molar-refractivity contribution in [1.29, 1.82) is 0 Å². The van der Waals surface area contributed by atoms with Gasteiger partial charge in [-0.25, -0.2) is 4.98 Å². The number of aromatic nitrogens is 8. The zero-order valence-electron chi connectivity index (χ0n) is 17.8. The van der Waals surface area contributed by atoms with Crippen molar-refractivity contribution < 1.29 is 0 Å². The zero-order chi connectivity index (χ0) is 23.2. The summed E-state index contributed by atoms with van der Waals surface area (Å²) in [5.74, 6) is 1.05. The van der Waals surface area contributed by atoms with Crippen molar-refractivity contribution in [3.8, 4) is 11.3 Å². The van der Waals surface area contributed by atoms with Gasteiger partial charge in [0.1, 0.15) is 12.2 Å². The lowest BCUT2D eigenvalue weighted by Crippen LogP contribution is -2.10. The Kier molecular flexibility index (Phi) is 4.97. The minimum atomic E-state index is -0.175. The van der Waals surface area contributed by atoms with Gasteiger partial charge in [0.05, 0.1) is 17.1 Å². The van der Waals surface area contributed by atoms with E-state index in [4.69, 9.17) is 28.2 Å². The maximum Gasteiger partial charge on any atom is 0.274 e. The fourth-order valence-electron chi connectivity index (χ4n) is 4.23. The number of fused-ring (bicyclic) bond motifs is 3. The zero-order valence-corrected chi connectivity index (χ0v) is 19.4. The van der Waals surface area contributed by atoms with E-state index in [1.165, 1.54) is 0 Å². The molecule has 0 aliphatic heterocycles. The van der Waals surface area contributed by atoms with Crippen molar-refractivity contribution in [2.45, 2.75) is 5.92 Å². The molecule has 0 radical (unpaired) electrons. The van der Waals surface area contributed by atoms with Gasteiger partial charge in [0, 0.05) is 28.0 Å². The number of hydrogen-bond acceptors (Lipinski definition) is 6. The van der Waals surface area contributed by atoms with Crippen LogP contribution in [0.3, 0.4) is 0 Å². The summed E-state index contributed by atoms with van der Waals surface area (Å²) >= 11 is 12.5. The van der Waals surface area contributed by atoms with Gasteiger partial charge >= 0.3 is 0 Å². The molecule has 0 saturated carbocycles. The van der Waals surface area contributed by atoms with Gasteiger partial charge in [-0.3, -0.25) is 0 Å². The second-order valence-corrected chi connectivity index (χ2v) is 8.80. The molecule has 34 heavy (non-hydrogen) atoms. The molecular weight excluding hydrogens is 471 g/mol. The molecule has 0 aliphatic rings. The number of benzene rings is 3. The third-order valence-corrected chi connectivity index (χ3v) is 6.30. The van der Waals surface area contributed by atoms with Crippen molar-refractivity contribution in [2.24, 2.45) is 7.05 Å². The molecule has 0 amide bonds. The van der Waals surface area contributed by atoms with Crippen molar-refractivity contribution >= 4 is 39.9 Å². The number of nitrogens with zero attached hydrogens (tertiary/aromatic N) is 8. The highest BCUT2D eigenvalue weighted by molar-refractivity contribution is 6.31. The van der Waals surface area contributed by atoms with Gasteiger partial charge in [0.15, 0.2) is 0 Å². The van der Waals surface area contributed by atoms with Crippen molar-refractivity contribution in [2.75, 3.05) is 0 Å². The first-order chi connectivity index (χ1) is 16.6. The lowest BCUT2D eigenvalue weighted by Gasteiger charge is -2.19. The van der Waals surface area contributed by atoms with Crippen LogP contribution in [0.5, 0.6) is 0 Å². The Hall–Kier alpha value is -3.88. The minimum Gasteiger partial charge on any atom is -0.320 e. The van der Waals surface area contributed by atoms with E-state index < -0.39 is 0 Å². The predicted molar refractivity (Wildman–Crippen MR) is 130 cm³/mol. The molecule has 0 spiro atoms. The molecule has 10 heteroatoms. The highest BCUT2D eigenvalue weighted by Crippen LogP contribution is 2.35. The van der Waals surface area contributed by atoms with Crippen molar-refractivity contribution in [1.82, 2.24) is 39.8 Å². The smallest absolute Gasteiger partial charge is 0.274 e. The molecule has 3 aromatic carbocycles. The van der Waals surface area contributed by atoms with Crippen LogP contribution in [0.25, 0.3) is 27.9 Å².